The summed E-state index contributed by atoms with van der Waals surface area (Å²) in [5, 5.41) is 0. The maximum Gasteiger partial charge on any atom is 0.338 e. The van der Waals surface area contributed by atoms with Crippen LogP contribution >= 0.6 is 0 Å². The lowest BCUT2D eigenvalue weighted by Gasteiger charge is -2.26. The summed E-state index contributed by atoms with van der Waals surface area (Å²) in [5.41, 5.74) is 0.825. The van der Waals surface area contributed by atoms with E-state index in [0.29, 0.717) is 24.5 Å². The molecule has 2 aromatic rings. The Bertz CT molecular complexity index is 969. The van der Waals surface area contributed by atoms with Crippen molar-refractivity contribution in [2.24, 2.45) is 0 Å². The standard InChI is InChI=1S/C20H23NO7S/c1-25-17-6-4-3-5-16(17)14-28-20(22)15-7-8-18(26-2)19(13-15)29(23,24)21-9-11-27-12-10-21/h3-8,13H,9-12,14H2,1-2H3. The maximum absolute atomic E-state index is 13.0. The Morgan fingerprint density at radius 1 is 1.03 bits per heavy atom. The highest BCUT2D eigenvalue weighted by atomic mass is 32.2. The van der Waals surface area contributed by atoms with Crippen LogP contribution in [0.2, 0.25) is 0 Å². The summed E-state index contributed by atoms with van der Waals surface area (Å²) in [7, 11) is -0.921. The molecule has 3 rings (SSSR count). The molecule has 0 N–H and O–H groups in total. The lowest BCUT2D eigenvalue weighted by atomic mass is 10.2. The zero-order chi connectivity index (χ0) is 20.9. The number of sulfonamides is 1. The van der Waals surface area contributed by atoms with Crippen LogP contribution in [0.3, 0.4) is 0 Å². The Labute approximate surface area is 170 Å². The number of nitrogens with zero attached hydrogens (tertiary/aromatic N) is 1. The van der Waals surface area contributed by atoms with Gasteiger partial charge in [-0.2, -0.15) is 4.31 Å². The van der Waals surface area contributed by atoms with Crippen LogP contribution in [-0.4, -0.2) is 59.2 Å². The number of ether oxygens (including phenoxy) is 4. The number of carbonyl (C=O) groups is 1. The lowest BCUT2D eigenvalue weighted by Crippen LogP contribution is -2.40. The number of carbonyl (C=O) groups excluding carboxylic acids is 1. The van der Waals surface area contributed by atoms with Gasteiger partial charge in [-0.15, -0.1) is 0 Å². The number of esters is 1. The molecule has 0 spiro atoms. The molecule has 0 amide bonds. The molecule has 0 radical (unpaired) electrons. The third-order valence-corrected chi connectivity index (χ3v) is 6.46. The summed E-state index contributed by atoms with van der Waals surface area (Å²) in [6.07, 6.45) is 0. The van der Waals surface area contributed by atoms with Gasteiger partial charge in [-0.25, -0.2) is 13.2 Å². The second kappa shape index (κ2) is 9.25. The average Bonchev–Trinajstić information content (AvgIpc) is 2.77. The van der Waals surface area contributed by atoms with E-state index in [-0.39, 0.29) is 35.9 Å². The monoisotopic (exact) mass is 421 g/mol. The molecule has 0 saturated carbocycles. The van der Waals surface area contributed by atoms with E-state index in [1.54, 1.807) is 12.1 Å². The van der Waals surface area contributed by atoms with Gasteiger partial charge in [0, 0.05) is 18.7 Å². The number of para-hydroxylation sites is 1. The minimum Gasteiger partial charge on any atom is -0.496 e. The SMILES string of the molecule is COc1ccccc1COC(=O)c1ccc(OC)c(S(=O)(=O)N2CCOCC2)c1. The van der Waals surface area contributed by atoms with E-state index in [2.05, 4.69) is 0 Å². The van der Waals surface area contributed by atoms with E-state index in [0.717, 1.165) is 0 Å². The molecule has 1 aliphatic rings. The van der Waals surface area contributed by atoms with Crippen molar-refractivity contribution in [2.75, 3.05) is 40.5 Å². The fraction of sp³-hybridized carbons (Fsp3) is 0.350. The second-order valence-electron chi connectivity index (χ2n) is 6.27. The molecule has 156 valence electrons. The first-order chi connectivity index (χ1) is 14.0. The van der Waals surface area contributed by atoms with E-state index >= 15 is 0 Å². The van der Waals surface area contributed by atoms with Gasteiger partial charge in [0.25, 0.3) is 0 Å². The highest BCUT2D eigenvalue weighted by molar-refractivity contribution is 7.89. The molecular formula is C20H23NO7S. The zero-order valence-corrected chi connectivity index (χ0v) is 17.1. The molecule has 2 aromatic carbocycles. The first-order valence-electron chi connectivity index (χ1n) is 9.02. The van der Waals surface area contributed by atoms with Crippen molar-refractivity contribution in [3.8, 4) is 11.5 Å². The molecule has 9 heteroatoms. The highest BCUT2D eigenvalue weighted by Crippen LogP contribution is 2.29. The zero-order valence-electron chi connectivity index (χ0n) is 16.3. The molecular weight excluding hydrogens is 398 g/mol. The van der Waals surface area contributed by atoms with E-state index in [1.165, 1.54) is 36.7 Å². The fourth-order valence-electron chi connectivity index (χ4n) is 2.98. The number of hydrogen-bond donors (Lipinski definition) is 0. The van der Waals surface area contributed by atoms with Crippen LogP contribution in [0.4, 0.5) is 0 Å². The highest BCUT2D eigenvalue weighted by Gasteiger charge is 2.30. The lowest BCUT2D eigenvalue weighted by molar-refractivity contribution is 0.0469. The van der Waals surface area contributed by atoms with Gasteiger partial charge < -0.3 is 18.9 Å². The van der Waals surface area contributed by atoms with Gasteiger partial charge >= 0.3 is 5.97 Å². The summed E-state index contributed by atoms with van der Waals surface area (Å²) in [5.74, 6) is 0.125. The summed E-state index contributed by atoms with van der Waals surface area (Å²) >= 11 is 0. The van der Waals surface area contributed by atoms with Crippen LogP contribution in [-0.2, 0) is 26.1 Å². The number of hydrogen-bond acceptors (Lipinski definition) is 7. The minimum atomic E-state index is -3.84. The van der Waals surface area contributed by atoms with Crippen molar-refractivity contribution in [1.82, 2.24) is 4.31 Å². The number of morpholine rings is 1. The molecule has 0 aliphatic carbocycles. The van der Waals surface area contributed by atoms with Gasteiger partial charge in [-0.1, -0.05) is 18.2 Å². The Morgan fingerprint density at radius 2 is 1.72 bits per heavy atom. The molecule has 0 unspecified atom stereocenters. The van der Waals surface area contributed by atoms with Gasteiger partial charge in [0.2, 0.25) is 10.0 Å². The van der Waals surface area contributed by atoms with Crippen molar-refractivity contribution in [1.29, 1.82) is 0 Å². The molecule has 1 saturated heterocycles. The van der Waals surface area contributed by atoms with E-state index in [4.69, 9.17) is 18.9 Å². The van der Waals surface area contributed by atoms with Crippen LogP contribution in [0.5, 0.6) is 11.5 Å². The largest absolute Gasteiger partial charge is 0.496 e. The minimum absolute atomic E-state index is 0.000420. The molecule has 1 fully saturated rings. The third kappa shape index (κ3) is 4.69. The molecule has 1 aliphatic heterocycles. The second-order valence-corrected chi connectivity index (χ2v) is 8.18. The van der Waals surface area contributed by atoms with Crippen LogP contribution in [0.15, 0.2) is 47.4 Å². The van der Waals surface area contributed by atoms with E-state index in [1.807, 2.05) is 12.1 Å². The quantitative estimate of drug-likeness (QED) is 0.632. The van der Waals surface area contributed by atoms with Crippen molar-refractivity contribution in [3.63, 3.8) is 0 Å². The topological polar surface area (TPSA) is 91.4 Å². The van der Waals surface area contributed by atoms with Gasteiger partial charge in [-0.3, -0.25) is 0 Å². The summed E-state index contributed by atoms with van der Waals surface area (Å²) < 4.78 is 48.4. The van der Waals surface area contributed by atoms with Crippen molar-refractivity contribution in [2.45, 2.75) is 11.5 Å². The van der Waals surface area contributed by atoms with Crippen LogP contribution in [0.1, 0.15) is 15.9 Å². The van der Waals surface area contributed by atoms with Gasteiger partial charge in [-0.05, 0) is 24.3 Å². The number of rotatable bonds is 7. The Hall–Kier alpha value is -2.62. The van der Waals surface area contributed by atoms with Crippen LogP contribution in [0.25, 0.3) is 0 Å². The van der Waals surface area contributed by atoms with Crippen LogP contribution < -0.4 is 9.47 Å². The molecule has 29 heavy (non-hydrogen) atoms. The first kappa shape index (κ1) is 21.1. The number of benzene rings is 2. The Balaban J connectivity index is 1.83. The van der Waals surface area contributed by atoms with E-state index in [9.17, 15) is 13.2 Å². The smallest absolute Gasteiger partial charge is 0.338 e. The third-order valence-electron chi connectivity index (χ3n) is 4.54. The predicted molar refractivity (Wildman–Crippen MR) is 105 cm³/mol. The number of methoxy groups -OCH3 is 2. The Kier molecular flexibility index (Phi) is 6.73. The van der Waals surface area contributed by atoms with E-state index < -0.39 is 16.0 Å². The van der Waals surface area contributed by atoms with Gasteiger partial charge in [0.1, 0.15) is 23.0 Å². The van der Waals surface area contributed by atoms with Gasteiger partial charge in [0.15, 0.2) is 0 Å². The summed E-state index contributed by atoms with van der Waals surface area (Å²) in [6.45, 7) is 1.13. The predicted octanol–water partition coefficient (Wildman–Crippen LogP) is 2.08. The maximum atomic E-state index is 13.0. The first-order valence-corrected chi connectivity index (χ1v) is 10.5. The fourth-order valence-corrected chi connectivity index (χ4v) is 4.57. The summed E-state index contributed by atoms with van der Waals surface area (Å²) in [6, 6.07) is 11.4. The molecule has 8 nitrogen and oxygen atoms in total. The van der Waals surface area contributed by atoms with Crippen molar-refractivity contribution < 1.29 is 32.2 Å². The Morgan fingerprint density at radius 3 is 2.41 bits per heavy atom. The molecule has 0 bridgehead atoms. The molecule has 1 heterocycles. The molecule has 0 atom stereocenters. The summed E-state index contributed by atoms with van der Waals surface area (Å²) in [4.78, 5) is 12.5. The van der Waals surface area contributed by atoms with Gasteiger partial charge in [0.05, 0.1) is 33.0 Å². The average molecular weight is 421 g/mol. The normalized spacial score (nSPS) is 15.0. The van der Waals surface area contributed by atoms with Crippen molar-refractivity contribution >= 4 is 16.0 Å². The van der Waals surface area contributed by atoms with Crippen molar-refractivity contribution in [3.05, 3.63) is 53.6 Å². The van der Waals surface area contributed by atoms with Crippen LogP contribution in [0, 0.1) is 0 Å². The molecule has 0 aromatic heterocycles.